The fourth-order valence-electron chi connectivity index (χ4n) is 6.02. The van der Waals surface area contributed by atoms with Crippen molar-refractivity contribution in [2.75, 3.05) is 4.90 Å². The van der Waals surface area contributed by atoms with Gasteiger partial charge in [-0.2, -0.15) is 0 Å². The molecule has 0 fully saturated rings. The smallest absolute Gasteiger partial charge is 0.272 e. The lowest BCUT2D eigenvalue weighted by atomic mass is 9.80. The maximum atomic E-state index is 14.6. The number of nitrogens with zero attached hydrogens (tertiary/aromatic N) is 2. The fourth-order valence-corrected chi connectivity index (χ4v) is 6.02. The molecular weight excluding hydrogens is 586 g/mol. The van der Waals surface area contributed by atoms with E-state index < -0.39 is 18.0 Å². The second-order valence-corrected chi connectivity index (χ2v) is 12.2. The van der Waals surface area contributed by atoms with Gasteiger partial charge in [-0.15, -0.1) is 6.58 Å². The molecule has 2 amide bonds. The first kappa shape index (κ1) is 33.1. The third-order valence-corrected chi connectivity index (χ3v) is 8.24. The number of rotatable bonds is 13. The molecule has 1 aliphatic rings. The van der Waals surface area contributed by atoms with E-state index in [-0.39, 0.29) is 30.1 Å². The first-order valence-electron chi connectivity index (χ1n) is 16.0. The third kappa shape index (κ3) is 8.11. The van der Waals surface area contributed by atoms with Crippen LogP contribution in [0.1, 0.15) is 50.3 Å². The van der Waals surface area contributed by atoms with E-state index in [1.807, 2.05) is 123 Å². The lowest BCUT2D eigenvalue weighted by Crippen LogP contribution is -2.50. The summed E-state index contributed by atoms with van der Waals surface area (Å²) in [5, 5.41) is 2.97. The number of hydrogen-bond donors (Lipinski definition) is 1. The highest BCUT2D eigenvalue weighted by Gasteiger charge is 2.37. The van der Waals surface area contributed by atoms with Crippen molar-refractivity contribution in [1.82, 2.24) is 5.32 Å². The number of carbonyl (C=O) groups excluding carboxylic acids is 3. The van der Waals surface area contributed by atoms with Gasteiger partial charge < -0.3 is 15.0 Å². The Morgan fingerprint density at radius 3 is 2.23 bits per heavy atom. The van der Waals surface area contributed by atoms with Gasteiger partial charge in [0.25, 0.3) is 5.91 Å². The van der Waals surface area contributed by atoms with E-state index in [2.05, 4.69) is 11.9 Å². The Hall–Kier alpha value is -5.30. The number of Topliss-reactive ketones (excluding diaryl/α,β-unsaturated/α-hetero) is 1. The van der Waals surface area contributed by atoms with Crippen LogP contribution in [0.15, 0.2) is 127 Å². The van der Waals surface area contributed by atoms with Crippen molar-refractivity contribution in [2.24, 2.45) is 22.7 Å². The minimum atomic E-state index is -1.22. The van der Waals surface area contributed by atoms with E-state index >= 15 is 0 Å². The number of aliphatic imine (C=N–C) groups is 1. The van der Waals surface area contributed by atoms with Crippen LogP contribution in [0.5, 0.6) is 11.5 Å². The molecule has 4 aromatic rings. The lowest BCUT2D eigenvalue weighted by molar-refractivity contribution is -0.135. The summed E-state index contributed by atoms with van der Waals surface area (Å²) in [7, 11) is 0. The van der Waals surface area contributed by atoms with Gasteiger partial charge in [0, 0.05) is 23.0 Å². The Kier molecular flexibility index (Phi) is 10.8. The number of ether oxygens (including phenoxy) is 1. The summed E-state index contributed by atoms with van der Waals surface area (Å²) >= 11 is 0. The second-order valence-electron chi connectivity index (χ2n) is 12.2. The molecule has 1 aliphatic heterocycles. The second kappa shape index (κ2) is 15.3. The largest absolute Gasteiger partial charge is 0.457 e. The number of nitrogens with one attached hydrogen (secondary N) is 1. The molecule has 1 N–H and O–H groups in total. The summed E-state index contributed by atoms with van der Waals surface area (Å²) in [4.78, 5) is 48.0. The number of benzene rings is 4. The zero-order valence-corrected chi connectivity index (χ0v) is 27.1. The van der Waals surface area contributed by atoms with Crippen molar-refractivity contribution in [3.8, 4) is 11.5 Å². The van der Waals surface area contributed by atoms with Crippen LogP contribution >= 0.6 is 0 Å². The van der Waals surface area contributed by atoms with Gasteiger partial charge >= 0.3 is 0 Å². The predicted octanol–water partition coefficient (Wildman–Crippen LogP) is 7.75. The molecule has 4 aromatic carbocycles. The molecule has 240 valence electrons. The van der Waals surface area contributed by atoms with Gasteiger partial charge in [0.1, 0.15) is 17.3 Å². The molecule has 3 unspecified atom stereocenters. The highest BCUT2D eigenvalue weighted by atomic mass is 16.5. The van der Waals surface area contributed by atoms with E-state index in [0.29, 0.717) is 35.7 Å². The monoisotopic (exact) mass is 627 g/mol. The zero-order valence-electron chi connectivity index (χ0n) is 27.1. The highest BCUT2D eigenvalue weighted by molar-refractivity contribution is 6.20. The molecule has 7 heteroatoms. The number of anilines is 1. The van der Waals surface area contributed by atoms with E-state index in [1.54, 1.807) is 11.0 Å². The molecular formula is C40H41N3O4. The average molecular weight is 628 g/mol. The maximum Gasteiger partial charge on any atom is 0.272 e. The molecule has 0 spiro atoms. The molecule has 1 heterocycles. The van der Waals surface area contributed by atoms with Crippen molar-refractivity contribution in [2.45, 2.75) is 46.3 Å². The number of allylic oxidation sites excluding steroid dienone is 1. The van der Waals surface area contributed by atoms with Crippen LogP contribution in [0, 0.1) is 17.8 Å². The number of benzodiazepines with no additional fused rings is 1. The molecule has 47 heavy (non-hydrogen) atoms. The number of ketones is 1. The topological polar surface area (TPSA) is 88.1 Å². The Morgan fingerprint density at radius 2 is 1.55 bits per heavy atom. The van der Waals surface area contributed by atoms with Crippen molar-refractivity contribution in [3.05, 3.63) is 139 Å². The summed E-state index contributed by atoms with van der Waals surface area (Å²) in [5.74, 6) is -0.523. The molecule has 7 nitrogen and oxygen atoms in total. The lowest BCUT2D eigenvalue weighted by Gasteiger charge is -2.29. The molecule has 3 atom stereocenters. The minimum Gasteiger partial charge on any atom is -0.457 e. The first-order chi connectivity index (χ1) is 22.7. The van der Waals surface area contributed by atoms with Crippen LogP contribution in [0.4, 0.5) is 5.69 Å². The van der Waals surface area contributed by atoms with Crippen molar-refractivity contribution >= 4 is 29.0 Å². The van der Waals surface area contributed by atoms with Crippen LogP contribution in [0.3, 0.4) is 0 Å². The van der Waals surface area contributed by atoms with Crippen LogP contribution in [-0.4, -0.2) is 29.5 Å². The minimum absolute atomic E-state index is 0.0852. The van der Waals surface area contributed by atoms with Gasteiger partial charge in [-0.05, 0) is 61.6 Å². The molecule has 0 aliphatic carbocycles. The summed E-state index contributed by atoms with van der Waals surface area (Å²) in [6.45, 7) is 9.57. The summed E-state index contributed by atoms with van der Waals surface area (Å²) in [6.07, 6.45) is 1.30. The first-order valence-corrected chi connectivity index (χ1v) is 16.0. The quantitative estimate of drug-likeness (QED) is 0.154. The summed E-state index contributed by atoms with van der Waals surface area (Å²) in [5.41, 5.74) is 3.71. The molecule has 0 aromatic heterocycles. The van der Waals surface area contributed by atoms with Crippen LogP contribution in [0.2, 0.25) is 0 Å². The highest BCUT2D eigenvalue weighted by Crippen LogP contribution is 2.32. The van der Waals surface area contributed by atoms with E-state index in [1.165, 1.54) is 6.92 Å². The number of amides is 2. The Balaban J connectivity index is 1.55. The predicted molar refractivity (Wildman–Crippen MR) is 187 cm³/mol. The Bertz CT molecular complexity index is 1750. The van der Waals surface area contributed by atoms with Gasteiger partial charge in [-0.25, -0.2) is 4.99 Å². The Morgan fingerprint density at radius 1 is 0.894 bits per heavy atom. The number of para-hydroxylation sites is 2. The van der Waals surface area contributed by atoms with E-state index in [9.17, 15) is 14.4 Å². The average Bonchev–Trinajstić information content (AvgIpc) is 3.18. The third-order valence-electron chi connectivity index (χ3n) is 8.24. The normalized spacial score (nSPS) is 15.6. The standard InChI is InChI=1S/C40H41N3O4/c1-5-15-33(28(4)44)35(24-27(2)3)39(45)42-38-40(46)43(26-29-16-14-21-32(25-29)47-31-19-10-7-11-20-31)36-23-13-12-22-34(36)37(41-38)30-17-8-6-9-18-30/h5-14,16-23,25,27,33,35,38H,1,15,24,26H2,2-4H3,(H,42,45). The van der Waals surface area contributed by atoms with Crippen molar-refractivity contribution < 1.29 is 19.1 Å². The van der Waals surface area contributed by atoms with Gasteiger partial charge in [0.2, 0.25) is 12.1 Å². The van der Waals surface area contributed by atoms with Crippen molar-refractivity contribution in [3.63, 3.8) is 0 Å². The Labute approximate surface area is 277 Å². The molecule has 5 rings (SSSR count). The van der Waals surface area contributed by atoms with E-state index in [0.717, 1.165) is 16.7 Å². The van der Waals surface area contributed by atoms with Gasteiger partial charge in [0.15, 0.2) is 0 Å². The molecule has 0 radical (unpaired) electrons. The van der Waals surface area contributed by atoms with Gasteiger partial charge in [-0.1, -0.05) is 98.8 Å². The number of fused-ring (bicyclic) bond motifs is 1. The SMILES string of the molecule is C=CCC(C(C)=O)C(CC(C)C)C(=O)NC1N=C(c2ccccc2)c2ccccc2N(Cc2cccc(Oc3ccccc3)c2)C1=O. The fraction of sp³-hybridized carbons (Fsp3) is 0.250. The summed E-state index contributed by atoms with van der Waals surface area (Å²) < 4.78 is 6.08. The van der Waals surface area contributed by atoms with Crippen LogP contribution < -0.4 is 15.0 Å². The van der Waals surface area contributed by atoms with E-state index in [4.69, 9.17) is 9.73 Å². The van der Waals surface area contributed by atoms with Crippen LogP contribution in [0.25, 0.3) is 0 Å². The zero-order chi connectivity index (χ0) is 33.3. The number of carbonyl (C=O) groups is 3. The molecule has 0 bridgehead atoms. The summed E-state index contributed by atoms with van der Waals surface area (Å²) in [6, 6.07) is 34.4. The van der Waals surface area contributed by atoms with Crippen molar-refractivity contribution in [1.29, 1.82) is 0 Å². The van der Waals surface area contributed by atoms with Gasteiger partial charge in [-0.3, -0.25) is 14.4 Å². The van der Waals surface area contributed by atoms with Crippen LogP contribution in [-0.2, 0) is 20.9 Å². The maximum absolute atomic E-state index is 14.6. The number of hydrogen-bond acceptors (Lipinski definition) is 5. The molecule has 0 saturated heterocycles. The molecule has 0 saturated carbocycles. The van der Waals surface area contributed by atoms with Gasteiger partial charge in [0.05, 0.1) is 17.9 Å².